The van der Waals surface area contributed by atoms with E-state index in [2.05, 4.69) is 29.8 Å². The number of nitrogens with one attached hydrogen (secondary N) is 1. The third-order valence-electron chi connectivity index (χ3n) is 2.90. The van der Waals surface area contributed by atoms with Gasteiger partial charge in [-0.15, -0.1) is 11.3 Å². The SMILES string of the molecule is CNC(Cc1cccc(Cl)c1)c1sccc1C. The standard InChI is InChI=1S/C14H16ClNS/c1-10-6-7-17-14(10)13(16-2)9-11-4-3-5-12(15)8-11/h3-8,13,16H,9H2,1-2H3. The van der Waals surface area contributed by atoms with Gasteiger partial charge in [-0.05, 0) is 55.1 Å². The van der Waals surface area contributed by atoms with Crippen LogP contribution in [0, 0.1) is 6.92 Å². The highest BCUT2D eigenvalue weighted by Gasteiger charge is 2.13. The van der Waals surface area contributed by atoms with Crippen molar-refractivity contribution in [1.29, 1.82) is 0 Å². The molecule has 0 saturated carbocycles. The van der Waals surface area contributed by atoms with Gasteiger partial charge < -0.3 is 5.32 Å². The zero-order valence-electron chi connectivity index (χ0n) is 10.0. The van der Waals surface area contributed by atoms with Gasteiger partial charge in [0.05, 0.1) is 0 Å². The third kappa shape index (κ3) is 3.09. The van der Waals surface area contributed by atoms with Crippen LogP contribution in [0.1, 0.15) is 22.0 Å². The van der Waals surface area contributed by atoms with Gasteiger partial charge in [-0.3, -0.25) is 0 Å². The lowest BCUT2D eigenvalue weighted by Gasteiger charge is -2.16. The van der Waals surface area contributed by atoms with Crippen LogP contribution in [0.4, 0.5) is 0 Å². The predicted molar refractivity (Wildman–Crippen MR) is 76.0 cm³/mol. The first-order valence-electron chi connectivity index (χ1n) is 5.66. The molecule has 2 rings (SSSR count). The molecular formula is C14H16ClNS. The summed E-state index contributed by atoms with van der Waals surface area (Å²) >= 11 is 7.82. The Kier molecular flexibility index (Phi) is 4.21. The molecule has 0 radical (unpaired) electrons. The van der Waals surface area contributed by atoms with Gasteiger partial charge in [0.15, 0.2) is 0 Å². The van der Waals surface area contributed by atoms with Crippen LogP contribution in [-0.4, -0.2) is 7.05 Å². The Labute approximate surface area is 111 Å². The van der Waals surface area contributed by atoms with Crippen LogP contribution in [0.25, 0.3) is 0 Å². The van der Waals surface area contributed by atoms with E-state index in [9.17, 15) is 0 Å². The molecule has 3 heteroatoms. The summed E-state index contributed by atoms with van der Waals surface area (Å²) in [5.74, 6) is 0. The van der Waals surface area contributed by atoms with E-state index in [1.54, 1.807) is 0 Å². The van der Waals surface area contributed by atoms with Crippen molar-refractivity contribution in [1.82, 2.24) is 5.32 Å². The first-order valence-corrected chi connectivity index (χ1v) is 6.92. The highest BCUT2D eigenvalue weighted by Crippen LogP contribution is 2.27. The van der Waals surface area contributed by atoms with E-state index < -0.39 is 0 Å². The number of hydrogen-bond donors (Lipinski definition) is 1. The van der Waals surface area contributed by atoms with Crippen LogP contribution in [0.15, 0.2) is 35.7 Å². The number of rotatable bonds is 4. The van der Waals surface area contributed by atoms with E-state index in [1.807, 2.05) is 36.6 Å². The summed E-state index contributed by atoms with van der Waals surface area (Å²) < 4.78 is 0. The van der Waals surface area contributed by atoms with Crippen molar-refractivity contribution in [3.8, 4) is 0 Å². The molecule has 1 nitrogen and oxygen atoms in total. The molecule has 2 aromatic rings. The molecular weight excluding hydrogens is 250 g/mol. The quantitative estimate of drug-likeness (QED) is 0.873. The maximum atomic E-state index is 6.01. The zero-order valence-corrected chi connectivity index (χ0v) is 11.6. The molecule has 17 heavy (non-hydrogen) atoms. The lowest BCUT2D eigenvalue weighted by atomic mass is 10.0. The molecule has 1 heterocycles. The normalized spacial score (nSPS) is 12.6. The Balaban J connectivity index is 2.19. The predicted octanol–water partition coefficient (Wildman–Crippen LogP) is 4.21. The molecule has 0 amide bonds. The lowest BCUT2D eigenvalue weighted by Crippen LogP contribution is -2.18. The summed E-state index contributed by atoms with van der Waals surface area (Å²) in [7, 11) is 2.01. The second kappa shape index (κ2) is 5.67. The Morgan fingerprint density at radius 2 is 2.18 bits per heavy atom. The van der Waals surface area contributed by atoms with E-state index in [0.29, 0.717) is 6.04 Å². The molecule has 0 spiro atoms. The molecule has 0 fully saturated rings. The zero-order chi connectivity index (χ0) is 12.3. The average Bonchev–Trinajstić information content (AvgIpc) is 2.72. The molecule has 0 saturated heterocycles. The van der Waals surface area contributed by atoms with Crippen LogP contribution in [0.2, 0.25) is 5.02 Å². The van der Waals surface area contributed by atoms with E-state index in [4.69, 9.17) is 11.6 Å². The van der Waals surface area contributed by atoms with E-state index in [0.717, 1.165) is 11.4 Å². The minimum absolute atomic E-state index is 0.369. The van der Waals surface area contributed by atoms with Crippen molar-refractivity contribution in [3.05, 3.63) is 56.7 Å². The van der Waals surface area contributed by atoms with Crippen molar-refractivity contribution >= 4 is 22.9 Å². The van der Waals surface area contributed by atoms with Crippen molar-refractivity contribution in [2.45, 2.75) is 19.4 Å². The van der Waals surface area contributed by atoms with Gasteiger partial charge in [0.2, 0.25) is 0 Å². The molecule has 0 aliphatic carbocycles. The van der Waals surface area contributed by atoms with Gasteiger partial charge in [-0.25, -0.2) is 0 Å². The van der Waals surface area contributed by atoms with Gasteiger partial charge >= 0.3 is 0 Å². The molecule has 1 aromatic heterocycles. The second-order valence-electron chi connectivity index (χ2n) is 4.14. The smallest absolute Gasteiger partial charge is 0.0455 e. The number of hydrogen-bond acceptors (Lipinski definition) is 2. The molecule has 0 aliphatic heterocycles. The van der Waals surface area contributed by atoms with E-state index in [1.165, 1.54) is 16.0 Å². The first-order chi connectivity index (χ1) is 8.20. The third-order valence-corrected chi connectivity index (χ3v) is 4.26. The maximum absolute atomic E-state index is 6.01. The number of aryl methyl sites for hydroxylation is 1. The number of likely N-dealkylation sites (N-methyl/N-ethyl adjacent to an activating group) is 1. The molecule has 1 aromatic carbocycles. The summed E-state index contributed by atoms with van der Waals surface area (Å²) in [6, 6.07) is 10.6. The van der Waals surface area contributed by atoms with Gasteiger partial charge in [0.25, 0.3) is 0 Å². The van der Waals surface area contributed by atoms with Crippen LogP contribution in [0.3, 0.4) is 0 Å². The number of benzene rings is 1. The first kappa shape index (κ1) is 12.6. The van der Waals surface area contributed by atoms with Crippen LogP contribution in [0.5, 0.6) is 0 Å². The fraction of sp³-hybridized carbons (Fsp3) is 0.286. The molecule has 0 aliphatic rings. The van der Waals surface area contributed by atoms with Gasteiger partial charge in [0, 0.05) is 15.9 Å². The molecule has 90 valence electrons. The minimum atomic E-state index is 0.369. The number of thiophene rings is 1. The fourth-order valence-electron chi connectivity index (χ4n) is 1.97. The van der Waals surface area contributed by atoms with Crippen LogP contribution in [-0.2, 0) is 6.42 Å². The van der Waals surface area contributed by atoms with Crippen molar-refractivity contribution < 1.29 is 0 Å². The highest BCUT2D eigenvalue weighted by molar-refractivity contribution is 7.10. The Hall–Kier alpha value is -0.830. The van der Waals surface area contributed by atoms with Crippen LogP contribution < -0.4 is 5.32 Å². The Morgan fingerprint density at radius 3 is 2.76 bits per heavy atom. The summed E-state index contributed by atoms with van der Waals surface area (Å²) in [6.07, 6.45) is 0.971. The van der Waals surface area contributed by atoms with Gasteiger partial charge in [-0.1, -0.05) is 23.7 Å². The summed E-state index contributed by atoms with van der Waals surface area (Å²) in [5, 5.41) is 6.33. The summed E-state index contributed by atoms with van der Waals surface area (Å²) in [4.78, 5) is 1.41. The monoisotopic (exact) mass is 265 g/mol. The van der Waals surface area contributed by atoms with Crippen molar-refractivity contribution in [2.24, 2.45) is 0 Å². The molecule has 1 unspecified atom stereocenters. The molecule has 1 atom stereocenters. The summed E-state index contributed by atoms with van der Waals surface area (Å²) in [6.45, 7) is 2.16. The number of halogens is 1. The fourth-order valence-corrected chi connectivity index (χ4v) is 3.22. The summed E-state index contributed by atoms with van der Waals surface area (Å²) in [5.41, 5.74) is 2.63. The Morgan fingerprint density at radius 1 is 1.35 bits per heavy atom. The largest absolute Gasteiger partial charge is 0.312 e. The lowest BCUT2D eigenvalue weighted by molar-refractivity contribution is 0.599. The molecule has 1 N–H and O–H groups in total. The minimum Gasteiger partial charge on any atom is -0.312 e. The van der Waals surface area contributed by atoms with Crippen LogP contribution >= 0.6 is 22.9 Å². The van der Waals surface area contributed by atoms with Gasteiger partial charge in [0.1, 0.15) is 0 Å². The van der Waals surface area contributed by atoms with E-state index >= 15 is 0 Å². The second-order valence-corrected chi connectivity index (χ2v) is 5.53. The molecule has 0 bridgehead atoms. The Bertz CT molecular complexity index is 492. The van der Waals surface area contributed by atoms with Crippen molar-refractivity contribution in [2.75, 3.05) is 7.05 Å². The van der Waals surface area contributed by atoms with E-state index in [-0.39, 0.29) is 0 Å². The van der Waals surface area contributed by atoms with Gasteiger partial charge in [-0.2, -0.15) is 0 Å². The van der Waals surface area contributed by atoms with Crippen molar-refractivity contribution in [3.63, 3.8) is 0 Å². The highest BCUT2D eigenvalue weighted by atomic mass is 35.5. The maximum Gasteiger partial charge on any atom is 0.0455 e. The average molecular weight is 266 g/mol. The topological polar surface area (TPSA) is 12.0 Å².